The zero-order valence-electron chi connectivity index (χ0n) is 10.9. The Balaban J connectivity index is 2.23. The number of aromatic nitrogens is 1. The van der Waals surface area contributed by atoms with E-state index in [1.807, 2.05) is 37.3 Å². The van der Waals surface area contributed by atoms with Gasteiger partial charge in [-0.2, -0.15) is 0 Å². The van der Waals surface area contributed by atoms with Crippen molar-refractivity contribution in [2.24, 2.45) is 0 Å². The predicted molar refractivity (Wildman–Crippen MR) is 76.2 cm³/mol. The van der Waals surface area contributed by atoms with Gasteiger partial charge in [0.15, 0.2) is 0 Å². The molecule has 0 bridgehead atoms. The van der Waals surface area contributed by atoms with Crippen molar-refractivity contribution in [2.75, 3.05) is 7.05 Å². The highest BCUT2D eigenvalue weighted by atomic mass is 35.5. The first-order chi connectivity index (χ1) is 9.11. The highest BCUT2D eigenvalue weighted by Gasteiger charge is 2.20. The third-order valence-electron chi connectivity index (χ3n) is 3.17. The summed E-state index contributed by atoms with van der Waals surface area (Å²) in [4.78, 5) is 18.0. The summed E-state index contributed by atoms with van der Waals surface area (Å²) < 4.78 is 0. The van der Waals surface area contributed by atoms with Crippen molar-refractivity contribution < 1.29 is 4.79 Å². The zero-order chi connectivity index (χ0) is 13.8. The number of rotatable bonds is 3. The van der Waals surface area contributed by atoms with Crippen LogP contribution in [0, 0.1) is 0 Å². The molecule has 2 aromatic rings. The molecular formula is C15H15ClN2O. The molecule has 0 aliphatic rings. The molecule has 0 spiro atoms. The molecular weight excluding hydrogens is 260 g/mol. The number of amides is 1. The highest BCUT2D eigenvalue weighted by molar-refractivity contribution is 6.32. The molecule has 1 aromatic carbocycles. The van der Waals surface area contributed by atoms with Crippen molar-refractivity contribution in [2.45, 2.75) is 13.0 Å². The lowest BCUT2D eigenvalue weighted by atomic mass is 10.1. The van der Waals surface area contributed by atoms with Crippen molar-refractivity contribution in [3.05, 3.63) is 64.9 Å². The molecule has 1 aromatic heterocycles. The Labute approximate surface area is 117 Å². The van der Waals surface area contributed by atoms with E-state index >= 15 is 0 Å². The number of nitrogens with zero attached hydrogens (tertiary/aromatic N) is 2. The molecule has 0 N–H and O–H groups in total. The highest BCUT2D eigenvalue weighted by Crippen LogP contribution is 2.22. The van der Waals surface area contributed by atoms with Crippen LogP contribution < -0.4 is 0 Å². The Bertz CT molecular complexity index is 571. The van der Waals surface area contributed by atoms with E-state index in [0.29, 0.717) is 5.56 Å². The summed E-state index contributed by atoms with van der Waals surface area (Å²) in [7, 11) is 1.77. The molecule has 1 atom stereocenters. The van der Waals surface area contributed by atoms with Gasteiger partial charge in [-0.1, -0.05) is 41.9 Å². The van der Waals surface area contributed by atoms with Crippen LogP contribution >= 0.6 is 11.6 Å². The van der Waals surface area contributed by atoms with Crippen LogP contribution in [0.25, 0.3) is 0 Å². The molecule has 0 saturated carbocycles. The molecule has 2 rings (SSSR count). The van der Waals surface area contributed by atoms with E-state index in [9.17, 15) is 4.79 Å². The quantitative estimate of drug-likeness (QED) is 0.802. The van der Waals surface area contributed by atoms with E-state index in [0.717, 1.165) is 5.56 Å². The molecule has 0 saturated heterocycles. The number of pyridine rings is 1. The van der Waals surface area contributed by atoms with Crippen molar-refractivity contribution in [3.63, 3.8) is 0 Å². The van der Waals surface area contributed by atoms with Crippen LogP contribution in [0.15, 0.2) is 48.7 Å². The number of carbonyl (C=O) groups excluding carboxylic acids is 1. The minimum atomic E-state index is -0.130. The first-order valence-corrected chi connectivity index (χ1v) is 6.41. The van der Waals surface area contributed by atoms with Gasteiger partial charge < -0.3 is 4.90 Å². The molecule has 0 radical (unpaired) electrons. The Kier molecular flexibility index (Phi) is 4.17. The standard InChI is InChI=1S/C15H15ClN2O/c1-11(12-7-4-3-5-8-12)18(2)15(19)13-9-6-10-17-14(13)16/h3-11H,1-2H3. The summed E-state index contributed by atoms with van der Waals surface area (Å²) in [6.45, 7) is 1.98. The third-order valence-corrected chi connectivity index (χ3v) is 3.47. The number of halogens is 1. The summed E-state index contributed by atoms with van der Waals surface area (Å²) >= 11 is 5.96. The fourth-order valence-corrected chi connectivity index (χ4v) is 2.07. The van der Waals surface area contributed by atoms with Gasteiger partial charge in [-0.05, 0) is 24.6 Å². The molecule has 98 valence electrons. The van der Waals surface area contributed by atoms with Gasteiger partial charge in [0.25, 0.3) is 5.91 Å². The normalized spacial score (nSPS) is 11.9. The van der Waals surface area contributed by atoms with Crippen LogP contribution in [0.5, 0.6) is 0 Å². The SMILES string of the molecule is CC(c1ccccc1)N(C)C(=O)c1cccnc1Cl. The van der Waals surface area contributed by atoms with E-state index in [1.165, 1.54) is 0 Å². The van der Waals surface area contributed by atoms with Gasteiger partial charge in [0.2, 0.25) is 0 Å². The minimum absolute atomic E-state index is 0.0232. The average Bonchev–Trinajstić information content (AvgIpc) is 2.46. The lowest BCUT2D eigenvalue weighted by molar-refractivity contribution is 0.0742. The smallest absolute Gasteiger partial charge is 0.257 e. The summed E-state index contributed by atoms with van der Waals surface area (Å²) in [6.07, 6.45) is 1.57. The van der Waals surface area contributed by atoms with Gasteiger partial charge in [0.05, 0.1) is 11.6 Å². The average molecular weight is 275 g/mol. The molecule has 3 nitrogen and oxygen atoms in total. The second-order valence-corrected chi connectivity index (χ2v) is 4.70. The second kappa shape index (κ2) is 5.85. The van der Waals surface area contributed by atoms with Gasteiger partial charge in [-0.15, -0.1) is 0 Å². The van der Waals surface area contributed by atoms with Crippen LogP contribution in [0.1, 0.15) is 28.9 Å². The molecule has 1 amide bonds. The Hall–Kier alpha value is -1.87. The van der Waals surface area contributed by atoms with E-state index < -0.39 is 0 Å². The van der Waals surface area contributed by atoms with E-state index in [2.05, 4.69) is 4.98 Å². The van der Waals surface area contributed by atoms with Crippen LogP contribution in [0.3, 0.4) is 0 Å². The maximum atomic E-state index is 12.4. The van der Waals surface area contributed by atoms with E-state index in [4.69, 9.17) is 11.6 Å². The molecule has 0 aliphatic carbocycles. The largest absolute Gasteiger partial charge is 0.335 e. The number of benzene rings is 1. The minimum Gasteiger partial charge on any atom is -0.335 e. The molecule has 1 heterocycles. The Morgan fingerprint density at radius 1 is 1.21 bits per heavy atom. The van der Waals surface area contributed by atoms with Gasteiger partial charge in [-0.3, -0.25) is 4.79 Å². The third kappa shape index (κ3) is 2.93. The van der Waals surface area contributed by atoms with Crippen molar-refractivity contribution in [3.8, 4) is 0 Å². The first kappa shape index (κ1) is 13.6. The summed E-state index contributed by atoms with van der Waals surface area (Å²) in [5.74, 6) is -0.130. The van der Waals surface area contributed by atoms with Gasteiger partial charge in [-0.25, -0.2) is 4.98 Å². The lowest BCUT2D eigenvalue weighted by Gasteiger charge is -2.25. The number of hydrogen-bond donors (Lipinski definition) is 0. The topological polar surface area (TPSA) is 33.2 Å². The summed E-state index contributed by atoms with van der Waals surface area (Å²) in [6, 6.07) is 13.2. The van der Waals surface area contributed by atoms with E-state index in [-0.39, 0.29) is 17.1 Å². The fraction of sp³-hybridized carbons (Fsp3) is 0.200. The lowest BCUT2D eigenvalue weighted by Crippen LogP contribution is -2.30. The van der Waals surface area contributed by atoms with Crippen molar-refractivity contribution in [1.29, 1.82) is 0 Å². The molecule has 0 fully saturated rings. The molecule has 0 aliphatic heterocycles. The van der Waals surface area contributed by atoms with Crippen LogP contribution in [0.2, 0.25) is 5.15 Å². The van der Waals surface area contributed by atoms with Gasteiger partial charge in [0, 0.05) is 13.2 Å². The summed E-state index contributed by atoms with van der Waals surface area (Å²) in [5.41, 5.74) is 1.51. The zero-order valence-corrected chi connectivity index (χ0v) is 11.6. The van der Waals surface area contributed by atoms with Gasteiger partial charge in [0.1, 0.15) is 5.15 Å². The molecule has 19 heavy (non-hydrogen) atoms. The fourth-order valence-electron chi connectivity index (χ4n) is 1.87. The van der Waals surface area contributed by atoms with Crippen LogP contribution in [-0.4, -0.2) is 22.8 Å². The van der Waals surface area contributed by atoms with Crippen molar-refractivity contribution >= 4 is 17.5 Å². The predicted octanol–water partition coefficient (Wildman–Crippen LogP) is 3.57. The van der Waals surface area contributed by atoms with Crippen LogP contribution in [-0.2, 0) is 0 Å². The van der Waals surface area contributed by atoms with Crippen molar-refractivity contribution in [1.82, 2.24) is 9.88 Å². The monoisotopic (exact) mass is 274 g/mol. The Morgan fingerprint density at radius 3 is 2.53 bits per heavy atom. The molecule has 1 unspecified atom stereocenters. The molecule has 4 heteroatoms. The maximum absolute atomic E-state index is 12.4. The number of hydrogen-bond acceptors (Lipinski definition) is 2. The number of carbonyl (C=O) groups is 1. The van der Waals surface area contributed by atoms with Gasteiger partial charge >= 0.3 is 0 Å². The second-order valence-electron chi connectivity index (χ2n) is 4.34. The summed E-state index contributed by atoms with van der Waals surface area (Å²) in [5, 5.41) is 0.236. The maximum Gasteiger partial charge on any atom is 0.257 e. The first-order valence-electron chi connectivity index (χ1n) is 6.04. The Morgan fingerprint density at radius 2 is 1.89 bits per heavy atom. The van der Waals surface area contributed by atoms with E-state index in [1.54, 1.807) is 30.3 Å². The van der Waals surface area contributed by atoms with Crippen LogP contribution in [0.4, 0.5) is 0 Å².